The van der Waals surface area contributed by atoms with Crippen molar-refractivity contribution in [3.63, 3.8) is 0 Å². The molecule has 2 rings (SSSR count). The van der Waals surface area contributed by atoms with Gasteiger partial charge in [-0.25, -0.2) is 19.4 Å². The number of benzene rings is 1. The molecule has 0 aliphatic rings. The number of aromatic nitrogens is 1. The summed E-state index contributed by atoms with van der Waals surface area (Å²) < 4.78 is 9.49. The molecule has 0 saturated heterocycles. The number of aromatic carboxylic acids is 1. The van der Waals surface area contributed by atoms with Crippen LogP contribution < -0.4 is 5.32 Å². The monoisotopic (exact) mass is 362 g/mol. The summed E-state index contributed by atoms with van der Waals surface area (Å²) in [5, 5.41) is 11.4. The molecule has 1 atom stereocenters. The average molecular weight is 362 g/mol. The van der Waals surface area contributed by atoms with Crippen LogP contribution in [0.5, 0.6) is 0 Å². The highest BCUT2D eigenvalue weighted by Gasteiger charge is 2.08. The van der Waals surface area contributed by atoms with Crippen molar-refractivity contribution < 1.29 is 28.8 Å². The van der Waals surface area contributed by atoms with Crippen LogP contribution in [0.15, 0.2) is 42.6 Å². The Bertz CT molecular complexity index is 761. The van der Waals surface area contributed by atoms with Crippen molar-refractivity contribution >= 4 is 27.5 Å². The molecule has 0 saturated carbocycles. The number of hydrogen-bond donors (Lipinski definition) is 2. The second-order valence-corrected chi connectivity index (χ2v) is 5.12. The summed E-state index contributed by atoms with van der Waals surface area (Å²) in [7, 11) is 1.85. The van der Waals surface area contributed by atoms with Crippen LogP contribution in [0.3, 0.4) is 0 Å². The van der Waals surface area contributed by atoms with Crippen LogP contribution in [0.25, 0.3) is 0 Å². The Morgan fingerprint density at radius 2 is 1.76 bits per heavy atom. The first kappa shape index (κ1) is 18.4. The quantitative estimate of drug-likeness (QED) is 0.757. The van der Waals surface area contributed by atoms with Crippen LogP contribution >= 0.6 is 9.47 Å². The molecular weight excluding hydrogens is 347 g/mol. The largest absolute Gasteiger partial charge is 0.478 e. The van der Waals surface area contributed by atoms with E-state index in [-0.39, 0.29) is 24.4 Å². The van der Waals surface area contributed by atoms with Gasteiger partial charge in [0.05, 0.1) is 15.0 Å². The van der Waals surface area contributed by atoms with E-state index in [0.29, 0.717) is 5.56 Å². The number of ether oxygens (including phenoxy) is 1. The van der Waals surface area contributed by atoms with E-state index in [2.05, 4.69) is 14.8 Å². The predicted molar refractivity (Wildman–Crippen MR) is 89.8 cm³/mol. The van der Waals surface area contributed by atoms with Crippen molar-refractivity contribution in [2.75, 3.05) is 0 Å². The van der Waals surface area contributed by atoms with Crippen LogP contribution in [0.1, 0.15) is 32.0 Å². The lowest BCUT2D eigenvalue weighted by atomic mass is 10.1. The number of carboxylic acid groups (broad SMARTS) is 1. The van der Waals surface area contributed by atoms with Crippen LogP contribution in [0.4, 0.5) is 4.79 Å². The number of pyridine rings is 1. The molecule has 0 aliphatic carbocycles. The Hall–Kier alpha value is -2.99. The maximum Gasteiger partial charge on any atom is 0.407 e. The smallest absolute Gasteiger partial charge is 0.407 e. The predicted octanol–water partition coefficient (Wildman–Crippen LogP) is 2.15. The maximum absolute atomic E-state index is 11.7. The summed E-state index contributed by atoms with van der Waals surface area (Å²) in [5.41, 5.74) is 1.67. The van der Waals surface area contributed by atoms with E-state index < -0.39 is 18.0 Å². The van der Waals surface area contributed by atoms with E-state index >= 15 is 0 Å². The van der Waals surface area contributed by atoms with Crippen LogP contribution in [0.2, 0.25) is 0 Å². The average Bonchev–Trinajstić information content (AvgIpc) is 2.64. The second kappa shape index (κ2) is 8.75. The van der Waals surface area contributed by atoms with Crippen molar-refractivity contribution in [3.8, 4) is 0 Å². The lowest BCUT2D eigenvalue weighted by Crippen LogP contribution is -2.23. The van der Waals surface area contributed by atoms with E-state index in [1.807, 2.05) is 9.47 Å². The fourth-order valence-corrected chi connectivity index (χ4v) is 1.95. The Balaban J connectivity index is 1.78. The molecule has 2 aromatic rings. The number of nitrogens with one attached hydrogen (secondary N) is 1. The number of nitrogens with zero attached hydrogens (tertiary/aromatic N) is 1. The third kappa shape index (κ3) is 5.54. The highest BCUT2D eigenvalue weighted by Crippen LogP contribution is 2.06. The number of carboxylic acids is 1. The van der Waals surface area contributed by atoms with Gasteiger partial charge >= 0.3 is 18.0 Å². The van der Waals surface area contributed by atoms with Gasteiger partial charge in [0.2, 0.25) is 0 Å². The minimum Gasteiger partial charge on any atom is -0.478 e. The number of hydrogen-bond acceptors (Lipinski definition) is 6. The van der Waals surface area contributed by atoms with Gasteiger partial charge in [-0.05, 0) is 23.8 Å². The van der Waals surface area contributed by atoms with Crippen LogP contribution in [-0.2, 0) is 22.4 Å². The topological polar surface area (TPSA) is 115 Å². The zero-order valence-electron chi connectivity index (χ0n) is 13.0. The highest BCUT2D eigenvalue weighted by molar-refractivity contribution is 7.10. The molecular formula is C16H15N2O6P. The zero-order chi connectivity index (χ0) is 18.2. The van der Waals surface area contributed by atoms with Gasteiger partial charge in [0.25, 0.3) is 0 Å². The molecule has 0 aliphatic heterocycles. The number of rotatable bonds is 6. The van der Waals surface area contributed by atoms with Crippen LogP contribution in [0, 0.1) is 0 Å². The molecule has 0 fully saturated rings. The standard InChI is InChI=1S/C16H15N2O6P/c19-14(20)12-4-1-10(2-5-12)7-18-16(22)23-9-11-3-6-13(17-8-11)15(21)24-25/h1-6,8H,7,9,25H2,(H,18,22)(H,19,20). The van der Waals surface area contributed by atoms with E-state index in [1.165, 1.54) is 24.4 Å². The Morgan fingerprint density at radius 1 is 1.08 bits per heavy atom. The van der Waals surface area contributed by atoms with Crippen molar-refractivity contribution in [2.24, 2.45) is 0 Å². The molecule has 1 aromatic carbocycles. The number of alkyl carbamates (subject to hydrolysis) is 1. The number of amides is 1. The van der Waals surface area contributed by atoms with E-state index in [4.69, 9.17) is 9.84 Å². The summed E-state index contributed by atoms with van der Waals surface area (Å²) in [4.78, 5) is 37.5. The Kier molecular flexibility index (Phi) is 6.42. The van der Waals surface area contributed by atoms with Crippen molar-refractivity contribution in [3.05, 3.63) is 65.0 Å². The molecule has 1 unspecified atom stereocenters. The van der Waals surface area contributed by atoms with Gasteiger partial charge in [0, 0.05) is 18.3 Å². The second-order valence-electron chi connectivity index (χ2n) is 4.89. The van der Waals surface area contributed by atoms with E-state index in [9.17, 15) is 14.4 Å². The lowest BCUT2D eigenvalue weighted by Gasteiger charge is -2.07. The van der Waals surface area contributed by atoms with Crippen molar-refractivity contribution in [1.29, 1.82) is 0 Å². The fraction of sp³-hybridized carbons (Fsp3) is 0.125. The minimum absolute atomic E-state index is 0.00696. The molecule has 1 amide bonds. The molecule has 2 N–H and O–H groups in total. The van der Waals surface area contributed by atoms with Gasteiger partial charge in [-0.2, -0.15) is 0 Å². The molecule has 130 valence electrons. The van der Waals surface area contributed by atoms with Gasteiger partial charge in [-0.1, -0.05) is 18.2 Å². The van der Waals surface area contributed by atoms with Gasteiger partial charge in [-0.15, -0.1) is 0 Å². The number of carbonyl (C=O) groups is 3. The Morgan fingerprint density at radius 3 is 2.32 bits per heavy atom. The molecule has 25 heavy (non-hydrogen) atoms. The molecule has 1 aromatic heterocycles. The first-order chi connectivity index (χ1) is 12.0. The van der Waals surface area contributed by atoms with Gasteiger partial charge < -0.3 is 19.7 Å². The SMILES string of the molecule is O=C(NCc1ccc(C(=O)O)cc1)OCc1ccc(C(=O)OP)nc1. The normalized spacial score (nSPS) is 9.96. The van der Waals surface area contributed by atoms with Gasteiger partial charge in [0.15, 0.2) is 0 Å². The molecule has 0 radical (unpaired) electrons. The lowest BCUT2D eigenvalue weighted by molar-refractivity contribution is 0.0695. The maximum atomic E-state index is 11.7. The van der Waals surface area contributed by atoms with Gasteiger partial charge in [-0.3, -0.25) is 0 Å². The third-order valence-corrected chi connectivity index (χ3v) is 3.36. The summed E-state index contributed by atoms with van der Waals surface area (Å²) in [6.07, 6.45) is 0.783. The fourth-order valence-electron chi connectivity index (χ4n) is 1.83. The van der Waals surface area contributed by atoms with Crippen molar-refractivity contribution in [1.82, 2.24) is 10.3 Å². The van der Waals surface area contributed by atoms with E-state index in [0.717, 1.165) is 5.56 Å². The molecule has 8 nitrogen and oxygen atoms in total. The number of carbonyl (C=O) groups excluding carboxylic acids is 2. The first-order valence-corrected chi connectivity index (χ1v) is 7.55. The molecule has 0 spiro atoms. The zero-order valence-corrected chi connectivity index (χ0v) is 14.1. The van der Waals surface area contributed by atoms with Crippen LogP contribution in [-0.4, -0.2) is 28.1 Å². The van der Waals surface area contributed by atoms with Crippen molar-refractivity contribution in [2.45, 2.75) is 13.2 Å². The summed E-state index contributed by atoms with van der Waals surface area (Å²) in [6.45, 7) is 0.197. The van der Waals surface area contributed by atoms with E-state index in [1.54, 1.807) is 18.2 Å². The molecule has 1 heterocycles. The third-order valence-electron chi connectivity index (χ3n) is 3.15. The summed E-state index contributed by atoms with van der Waals surface area (Å²) in [5.74, 6) is -1.59. The first-order valence-electron chi connectivity index (χ1n) is 7.08. The minimum atomic E-state index is -1.01. The Labute approximate surface area is 145 Å². The van der Waals surface area contributed by atoms with Gasteiger partial charge in [0.1, 0.15) is 12.3 Å². The summed E-state index contributed by atoms with van der Waals surface area (Å²) >= 11 is 0. The molecule has 0 bridgehead atoms. The summed E-state index contributed by atoms with van der Waals surface area (Å²) in [6, 6.07) is 9.19. The highest BCUT2D eigenvalue weighted by atomic mass is 31.0. The molecule has 9 heteroatoms.